The van der Waals surface area contributed by atoms with E-state index in [1.165, 1.54) is 6.07 Å². The molecule has 0 radical (unpaired) electrons. The van der Waals surface area contributed by atoms with Crippen LogP contribution in [-0.4, -0.2) is 41.8 Å². The zero-order valence-electron chi connectivity index (χ0n) is 15.5. The van der Waals surface area contributed by atoms with Crippen LogP contribution in [0, 0.1) is 0 Å². The van der Waals surface area contributed by atoms with Gasteiger partial charge in [0.25, 0.3) is 5.91 Å². The van der Waals surface area contributed by atoms with Gasteiger partial charge < -0.3 is 10.2 Å². The summed E-state index contributed by atoms with van der Waals surface area (Å²) in [5.74, 6) is 0.170. The summed E-state index contributed by atoms with van der Waals surface area (Å²) >= 11 is 19.5. The Balaban J connectivity index is 2.11. The van der Waals surface area contributed by atoms with Crippen LogP contribution >= 0.6 is 46.6 Å². The summed E-state index contributed by atoms with van der Waals surface area (Å²) in [4.78, 5) is 27.2. The molecule has 28 heavy (non-hydrogen) atoms. The third kappa shape index (κ3) is 6.59. The number of amides is 2. The number of rotatable bonds is 8. The molecule has 1 atom stereocenters. The Morgan fingerprint density at radius 2 is 1.71 bits per heavy atom. The van der Waals surface area contributed by atoms with Gasteiger partial charge in [-0.3, -0.25) is 9.59 Å². The SMILES string of the molecule is CSCCC(NC(=O)c1ccc(Cl)cc1Cl)C(=O)N(C)Cc1ccc(Cl)cc1. The molecular weight excluding hydrogens is 439 g/mol. The van der Waals surface area contributed by atoms with Crippen LogP contribution in [-0.2, 0) is 11.3 Å². The molecule has 2 aromatic rings. The average Bonchev–Trinajstić information content (AvgIpc) is 2.66. The number of likely N-dealkylation sites (N-methyl/N-ethyl adjacent to an activating group) is 1. The first-order valence-corrected chi connectivity index (χ1v) is 11.1. The number of nitrogens with one attached hydrogen (secondary N) is 1. The highest BCUT2D eigenvalue weighted by Crippen LogP contribution is 2.21. The lowest BCUT2D eigenvalue weighted by Crippen LogP contribution is -2.47. The number of hydrogen-bond acceptors (Lipinski definition) is 3. The van der Waals surface area contributed by atoms with Crippen molar-refractivity contribution < 1.29 is 9.59 Å². The first kappa shape index (κ1) is 22.9. The minimum absolute atomic E-state index is 0.164. The van der Waals surface area contributed by atoms with Crippen molar-refractivity contribution in [3.8, 4) is 0 Å². The second-order valence-corrected chi connectivity index (χ2v) is 8.52. The molecule has 0 fully saturated rings. The van der Waals surface area contributed by atoms with E-state index in [1.54, 1.807) is 48.0 Å². The van der Waals surface area contributed by atoms with Gasteiger partial charge in [-0.15, -0.1) is 0 Å². The van der Waals surface area contributed by atoms with Gasteiger partial charge in [0, 0.05) is 23.6 Å². The molecule has 0 aromatic heterocycles. The van der Waals surface area contributed by atoms with Crippen molar-refractivity contribution in [2.24, 2.45) is 0 Å². The van der Waals surface area contributed by atoms with Crippen LogP contribution in [0.2, 0.25) is 15.1 Å². The largest absolute Gasteiger partial charge is 0.340 e. The van der Waals surface area contributed by atoms with Gasteiger partial charge in [-0.05, 0) is 54.3 Å². The Hall–Kier alpha value is -1.40. The lowest BCUT2D eigenvalue weighted by atomic mass is 10.1. The number of carbonyl (C=O) groups is 2. The molecule has 8 heteroatoms. The number of hydrogen-bond donors (Lipinski definition) is 1. The summed E-state index contributed by atoms with van der Waals surface area (Å²) in [7, 11) is 1.71. The van der Waals surface area contributed by atoms with E-state index >= 15 is 0 Å². The molecule has 0 bridgehead atoms. The number of thioether (sulfide) groups is 1. The highest BCUT2D eigenvalue weighted by atomic mass is 35.5. The molecule has 1 N–H and O–H groups in total. The van der Waals surface area contributed by atoms with Crippen molar-refractivity contribution in [3.05, 3.63) is 68.7 Å². The molecule has 0 aliphatic heterocycles. The number of carbonyl (C=O) groups excluding carboxylic acids is 2. The maximum absolute atomic E-state index is 12.9. The zero-order valence-corrected chi connectivity index (χ0v) is 18.6. The fraction of sp³-hybridized carbons (Fsp3) is 0.300. The normalized spacial score (nSPS) is 11.8. The van der Waals surface area contributed by atoms with Gasteiger partial charge >= 0.3 is 0 Å². The lowest BCUT2D eigenvalue weighted by Gasteiger charge is -2.25. The summed E-state index contributed by atoms with van der Waals surface area (Å²) in [6, 6.07) is 11.3. The minimum atomic E-state index is -0.649. The molecule has 1 unspecified atom stereocenters. The Morgan fingerprint density at radius 1 is 1.07 bits per heavy atom. The molecule has 2 amide bonds. The molecule has 2 aromatic carbocycles. The van der Waals surface area contributed by atoms with Gasteiger partial charge in [-0.2, -0.15) is 11.8 Å². The maximum Gasteiger partial charge on any atom is 0.253 e. The van der Waals surface area contributed by atoms with Crippen LogP contribution in [0.25, 0.3) is 0 Å². The third-order valence-corrected chi connectivity index (χ3v) is 5.54. The summed E-state index contributed by atoms with van der Waals surface area (Å²) in [6.07, 6.45) is 2.47. The highest BCUT2D eigenvalue weighted by molar-refractivity contribution is 7.98. The monoisotopic (exact) mass is 458 g/mol. The van der Waals surface area contributed by atoms with Crippen LogP contribution in [0.5, 0.6) is 0 Å². The first-order chi connectivity index (χ1) is 13.3. The van der Waals surface area contributed by atoms with Crippen molar-refractivity contribution in [2.75, 3.05) is 19.1 Å². The number of nitrogens with zero attached hydrogens (tertiary/aromatic N) is 1. The molecule has 0 aliphatic carbocycles. The summed E-state index contributed by atoms with van der Waals surface area (Å²) < 4.78 is 0. The van der Waals surface area contributed by atoms with Crippen LogP contribution in [0.4, 0.5) is 0 Å². The van der Waals surface area contributed by atoms with Crippen LogP contribution in [0.3, 0.4) is 0 Å². The molecule has 4 nitrogen and oxygen atoms in total. The van der Waals surface area contributed by atoms with E-state index in [0.29, 0.717) is 23.0 Å². The Kier molecular flexibility index (Phi) is 8.96. The van der Waals surface area contributed by atoms with E-state index < -0.39 is 11.9 Å². The number of benzene rings is 2. The lowest BCUT2D eigenvalue weighted by molar-refractivity contribution is -0.132. The van der Waals surface area contributed by atoms with E-state index in [1.807, 2.05) is 18.4 Å². The van der Waals surface area contributed by atoms with E-state index in [2.05, 4.69) is 5.32 Å². The standard InChI is InChI=1S/C20H21Cl3N2O2S/c1-25(12-13-3-5-14(21)6-4-13)20(27)18(9-10-28-2)24-19(26)16-8-7-15(22)11-17(16)23/h3-8,11,18H,9-10,12H2,1-2H3,(H,24,26). The van der Waals surface area contributed by atoms with Crippen molar-refractivity contribution in [1.29, 1.82) is 0 Å². The van der Waals surface area contributed by atoms with Gasteiger partial charge in [0.1, 0.15) is 6.04 Å². The number of halogens is 3. The van der Waals surface area contributed by atoms with E-state index in [4.69, 9.17) is 34.8 Å². The van der Waals surface area contributed by atoms with E-state index in [-0.39, 0.29) is 16.5 Å². The Bertz CT molecular complexity index is 831. The van der Waals surface area contributed by atoms with Crippen LogP contribution in [0.15, 0.2) is 42.5 Å². The Morgan fingerprint density at radius 3 is 2.32 bits per heavy atom. The predicted octanol–water partition coefficient (Wildman–Crippen LogP) is 5.16. The van der Waals surface area contributed by atoms with E-state index in [9.17, 15) is 9.59 Å². The van der Waals surface area contributed by atoms with Crippen LogP contribution < -0.4 is 5.32 Å². The Labute approximate surface area is 184 Å². The quantitative estimate of drug-likeness (QED) is 0.593. The maximum atomic E-state index is 12.9. The molecule has 0 saturated carbocycles. The van der Waals surface area contributed by atoms with Crippen molar-refractivity contribution in [3.63, 3.8) is 0 Å². The smallest absolute Gasteiger partial charge is 0.253 e. The van der Waals surface area contributed by atoms with Crippen molar-refractivity contribution >= 4 is 58.4 Å². The fourth-order valence-electron chi connectivity index (χ4n) is 2.61. The minimum Gasteiger partial charge on any atom is -0.340 e. The van der Waals surface area contributed by atoms with E-state index in [0.717, 1.165) is 11.3 Å². The zero-order chi connectivity index (χ0) is 20.7. The topological polar surface area (TPSA) is 49.4 Å². The van der Waals surface area contributed by atoms with Crippen molar-refractivity contribution in [2.45, 2.75) is 19.0 Å². The summed E-state index contributed by atoms with van der Waals surface area (Å²) in [6.45, 7) is 0.420. The second-order valence-electron chi connectivity index (χ2n) is 6.25. The molecule has 0 aliphatic rings. The molecule has 150 valence electrons. The third-order valence-electron chi connectivity index (χ3n) is 4.10. The predicted molar refractivity (Wildman–Crippen MR) is 119 cm³/mol. The first-order valence-electron chi connectivity index (χ1n) is 8.56. The fourth-order valence-corrected chi connectivity index (χ4v) is 3.70. The van der Waals surface area contributed by atoms with Gasteiger partial charge in [0.2, 0.25) is 5.91 Å². The molecule has 0 spiro atoms. The summed E-state index contributed by atoms with van der Waals surface area (Å²) in [5.41, 5.74) is 1.24. The van der Waals surface area contributed by atoms with Crippen LogP contribution in [0.1, 0.15) is 22.3 Å². The molecule has 0 saturated heterocycles. The summed E-state index contributed by atoms with van der Waals surface area (Å²) in [5, 5.41) is 4.14. The molecular formula is C20H21Cl3N2O2S. The van der Waals surface area contributed by atoms with Gasteiger partial charge in [0.15, 0.2) is 0 Å². The van der Waals surface area contributed by atoms with Crippen molar-refractivity contribution in [1.82, 2.24) is 10.2 Å². The molecule has 2 rings (SSSR count). The van der Waals surface area contributed by atoms with Gasteiger partial charge in [-0.25, -0.2) is 0 Å². The second kappa shape index (κ2) is 11.0. The van der Waals surface area contributed by atoms with Gasteiger partial charge in [-0.1, -0.05) is 46.9 Å². The van der Waals surface area contributed by atoms with Gasteiger partial charge in [0.05, 0.1) is 10.6 Å². The average molecular weight is 460 g/mol. The highest BCUT2D eigenvalue weighted by Gasteiger charge is 2.25. The molecule has 0 heterocycles.